The van der Waals surface area contributed by atoms with E-state index in [0.717, 1.165) is 53.7 Å². The van der Waals surface area contributed by atoms with Crippen LogP contribution < -0.4 is 0 Å². The van der Waals surface area contributed by atoms with Gasteiger partial charge >= 0.3 is 0 Å². The highest BCUT2D eigenvalue weighted by Gasteiger charge is 2.21. The van der Waals surface area contributed by atoms with Gasteiger partial charge in [0.25, 0.3) is 0 Å². The van der Waals surface area contributed by atoms with Crippen LogP contribution in [-0.2, 0) is 26.1 Å². The quantitative estimate of drug-likeness (QED) is 0.236. The maximum absolute atomic E-state index is 13.4. The third kappa shape index (κ3) is 6.22. The maximum atomic E-state index is 13.4. The van der Waals surface area contributed by atoms with Crippen molar-refractivity contribution in [2.24, 2.45) is 0 Å². The zero-order valence-corrected chi connectivity index (χ0v) is 20.5. The summed E-state index contributed by atoms with van der Waals surface area (Å²) in [6, 6.07) is 15.1. The number of furan rings is 2. The molecule has 0 amide bonds. The van der Waals surface area contributed by atoms with Crippen LogP contribution in [0.4, 0.5) is 4.39 Å². The summed E-state index contributed by atoms with van der Waals surface area (Å²) in [6.45, 7) is 11.1. The van der Waals surface area contributed by atoms with Gasteiger partial charge in [-0.05, 0) is 92.6 Å². The molecule has 0 aliphatic heterocycles. The molecule has 4 rings (SSSR count). The average Bonchev–Trinajstić information content (AvgIpc) is 3.47. The van der Waals surface area contributed by atoms with E-state index in [-0.39, 0.29) is 5.82 Å². The molecule has 4 aromatic rings. The molecule has 33 heavy (non-hydrogen) atoms. The van der Waals surface area contributed by atoms with Crippen molar-refractivity contribution in [2.45, 2.75) is 53.8 Å². The molecule has 0 spiro atoms. The van der Waals surface area contributed by atoms with Crippen LogP contribution in [0.15, 0.2) is 62.7 Å². The van der Waals surface area contributed by atoms with Crippen LogP contribution in [0.3, 0.4) is 0 Å². The van der Waals surface area contributed by atoms with Gasteiger partial charge in [-0.25, -0.2) is 14.4 Å². The number of rotatable bonds is 10. The molecule has 0 radical (unpaired) electrons. The summed E-state index contributed by atoms with van der Waals surface area (Å²) in [4.78, 5) is 1.33. The lowest BCUT2D eigenvalue weighted by Crippen LogP contribution is -2.42. The Morgan fingerprint density at radius 1 is 0.788 bits per heavy atom. The number of benzene rings is 1. The van der Waals surface area contributed by atoms with Crippen LogP contribution in [0.2, 0.25) is 0 Å². The van der Waals surface area contributed by atoms with Gasteiger partial charge in [0.2, 0.25) is 0 Å². The smallest absolute Gasteiger partial charge is 0.123 e. The van der Waals surface area contributed by atoms with E-state index in [2.05, 4.69) is 41.4 Å². The minimum Gasteiger partial charge on any atom is -0.465 e. The van der Waals surface area contributed by atoms with Gasteiger partial charge in [-0.2, -0.15) is 0 Å². The molecule has 0 aliphatic carbocycles. The first-order chi connectivity index (χ1) is 15.9. The van der Waals surface area contributed by atoms with E-state index in [1.54, 1.807) is 11.3 Å². The van der Waals surface area contributed by atoms with Crippen LogP contribution in [0.1, 0.15) is 44.6 Å². The van der Waals surface area contributed by atoms with Crippen LogP contribution in [-0.4, -0.2) is 16.6 Å². The van der Waals surface area contributed by atoms with E-state index in [1.807, 2.05) is 38.1 Å². The molecule has 0 aliphatic rings. The Hall–Kier alpha value is -2.67. The average molecular weight is 467 g/mol. The Bertz CT molecular complexity index is 1160. The Morgan fingerprint density at radius 2 is 1.55 bits per heavy atom. The first-order valence-electron chi connectivity index (χ1n) is 11.3. The standard InChI is InChI=1S/C27H31FN2O2S/c1-19-12-14-33-27(19)18-29(13-11-23-6-8-24(28)9-7-23)30(16-25-10-5-21(3)31-25)17-26-15-20(2)22(4)32-26/h5-10,12,14-15H,11,13,16-18H2,1-4H3. The fourth-order valence-corrected chi connectivity index (χ4v) is 4.79. The zero-order valence-electron chi connectivity index (χ0n) is 19.7. The lowest BCUT2D eigenvalue weighted by molar-refractivity contribution is -0.0565. The first-order valence-corrected chi connectivity index (χ1v) is 12.1. The third-order valence-corrected chi connectivity index (χ3v) is 6.96. The Balaban J connectivity index is 1.61. The van der Waals surface area contributed by atoms with Crippen molar-refractivity contribution in [1.29, 1.82) is 0 Å². The van der Waals surface area contributed by atoms with Crippen molar-refractivity contribution in [3.63, 3.8) is 0 Å². The molecule has 0 saturated heterocycles. The molecule has 0 saturated carbocycles. The molecule has 3 aromatic heterocycles. The number of nitrogens with zero attached hydrogens (tertiary/aromatic N) is 2. The molecule has 0 bridgehead atoms. The summed E-state index contributed by atoms with van der Waals surface area (Å²) < 4.78 is 25.4. The molecule has 6 heteroatoms. The van der Waals surface area contributed by atoms with E-state index in [1.165, 1.54) is 22.6 Å². The molecular formula is C27H31FN2O2S. The zero-order chi connectivity index (χ0) is 23.4. The molecule has 3 heterocycles. The second kappa shape index (κ2) is 10.5. The second-order valence-electron chi connectivity index (χ2n) is 8.58. The van der Waals surface area contributed by atoms with E-state index >= 15 is 0 Å². The fraction of sp³-hybridized carbons (Fsp3) is 0.333. The van der Waals surface area contributed by atoms with E-state index < -0.39 is 0 Å². The van der Waals surface area contributed by atoms with Gasteiger partial charge in [0, 0.05) is 18.0 Å². The molecular weight excluding hydrogens is 435 g/mol. The van der Waals surface area contributed by atoms with Gasteiger partial charge in [0.05, 0.1) is 13.1 Å². The molecule has 1 aromatic carbocycles. The van der Waals surface area contributed by atoms with Gasteiger partial charge in [0.15, 0.2) is 0 Å². The Labute approximate surface area is 199 Å². The SMILES string of the molecule is Cc1ccc(CN(Cc2cc(C)c(C)o2)N(CCc2ccc(F)cc2)Cc2sccc2C)o1. The van der Waals surface area contributed by atoms with Crippen molar-refractivity contribution < 1.29 is 13.2 Å². The third-order valence-electron chi connectivity index (χ3n) is 5.96. The predicted molar refractivity (Wildman–Crippen MR) is 130 cm³/mol. The van der Waals surface area contributed by atoms with Gasteiger partial charge in [-0.3, -0.25) is 0 Å². The highest BCUT2D eigenvalue weighted by molar-refractivity contribution is 7.10. The minimum atomic E-state index is -0.205. The summed E-state index contributed by atoms with van der Waals surface area (Å²) >= 11 is 1.78. The van der Waals surface area contributed by atoms with Crippen molar-refractivity contribution in [1.82, 2.24) is 10.0 Å². The van der Waals surface area contributed by atoms with Gasteiger partial charge in [0.1, 0.15) is 28.9 Å². The van der Waals surface area contributed by atoms with Crippen LogP contribution in [0.5, 0.6) is 0 Å². The highest BCUT2D eigenvalue weighted by Crippen LogP contribution is 2.24. The molecule has 174 valence electrons. The maximum Gasteiger partial charge on any atom is 0.123 e. The number of hydrogen-bond donors (Lipinski definition) is 0. The van der Waals surface area contributed by atoms with Crippen molar-refractivity contribution in [3.05, 3.63) is 104 Å². The number of hydrogen-bond acceptors (Lipinski definition) is 5. The lowest BCUT2D eigenvalue weighted by atomic mass is 10.1. The summed E-state index contributed by atoms with van der Waals surface area (Å²) in [5, 5.41) is 6.81. The number of halogens is 1. The summed E-state index contributed by atoms with van der Waals surface area (Å²) in [5.74, 6) is 3.50. The Morgan fingerprint density at radius 3 is 2.15 bits per heavy atom. The fourth-order valence-electron chi connectivity index (χ4n) is 3.87. The van der Waals surface area contributed by atoms with Crippen LogP contribution >= 0.6 is 11.3 Å². The van der Waals surface area contributed by atoms with E-state index in [9.17, 15) is 4.39 Å². The Kier molecular flexibility index (Phi) is 7.48. The van der Waals surface area contributed by atoms with Gasteiger partial charge < -0.3 is 8.83 Å². The topological polar surface area (TPSA) is 32.8 Å². The second-order valence-corrected chi connectivity index (χ2v) is 9.58. The predicted octanol–water partition coefficient (Wildman–Crippen LogP) is 6.97. The van der Waals surface area contributed by atoms with Crippen molar-refractivity contribution in [2.75, 3.05) is 6.54 Å². The monoisotopic (exact) mass is 466 g/mol. The number of thiophene rings is 1. The van der Waals surface area contributed by atoms with Gasteiger partial charge in [-0.15, -0.1) is 11.3 Å². The number of aryl methyl sites for hydroxylation is 4. The number of hydrazine groups is 1. The summed E-state index contributed by atoms with van der Waals surface area (Å²) in [7, 11) is 0. The van der Waals surface area contributed by atoms with E-state index in [4.69, 9.17) is 8.83 Å². The van der Waals surface area contributed by atoms with E-state index in [0.29, 0.717) is 13.1 Å². The lowest BCUT2D eigenvalue weighted by Gasteiger charge is -2.34. The summed E-state index contributed by atoms with van der Waals surface area (Å²) in [5.41, 5.74) is 3.57. The van der Waals surface area contributed by atoms with Crippen molar-refractivity contribution in [3.8, 4) is 0 Å². The molecule has 0 atom stereocenters. The molecule has 0 unspecified atom stereocenters. The largest absolute Gasteiger partial charge is 0.465 e. The van der Waals surface area contributed by atoms with Crippen LogP contribution in [0, 0.1) is 33.5 Å². The highest BCUT2D eigenvalue weighted by atomic mass is 32.1. The first kappa shape index (κ1) is 23.5. The molecule has 4 nitrogen and oxygen atoms in total. The normalized spacial score (nSPS) is 11.7. The van der Waals surface area contributed by atoms with Gasteiger partial charge in [-0.1, -0.05) is 12.1 Å². The minimum absolute atomic E-state index is 0.205. The van der Waals surface area contributed by atoms with Crippen molar-refractivity contribution >= 4 is 11.3 Å². The molecule has 0 fully saturated rings. The van der Waals surface area contributed by atoms with Crippen LogP contribution in [0.25, 0.3) is 0 Å². The summed E-state index contributed by atoms with van der Waals surface area (Å²) in [6.07, 6.45) is 0.814. The molecule has 0 N–H and O–H groups in total.